The molecule has 0 aliphatic rings. The Morgan fingerprint density at radius 3 is 0.883 bits per heavy atom. The van der Waals surface area contributed by atoms with E-state index in [1.165, 1.54) is 340 Å². The maximum atomic E-state index is 12.5. The second kappa shape index (κ2) is 67.1. The Balaban J connectivity index is 3.38. The molecule has 6 heteroatoms. The highest BCUT2D eigenvalue weighted by Crippen LogP contribution is 2.19. The van der Waals surface area contributed by atoms with Gasteiger partial charge in [-0.1, -0.05) is 373 Å². The van der Waals surface area contributed by atoms with Crippen molar-refractivity contribution in [3.8, 4) is 0 Å². The number of nitrogens with one attached hydrogen (secondary N) is 1. The largest absolute Gasteiger partial charge is 0.466 e. The molecule has 0 aromatic rings. The van der Waals surface area contributed by atoms with Crippen molar-refractivity contribution >= 4 is 11.9 Å². The molecule has 0 aliphatic carbocycles. The van der Waals surface area contributed by atoms with Crippen LogP contribution in [0.3, 0.4) is 0 Å². The normalized spacial score (nSPS) is 12.5. The zero-order valence-electron chi connectivity index (χ0n) is 52.5. The first-order valence-corrected chi connectivity index (χ1v) is 35.5. The maximum Gasteiger partial charge on any atom is 0.305 e. The van der Waals surface area contributed by atoms with Crippen molar-refractivity contribution in [2.45, 2.75) is 418 Å². The second-order valence-corrected chi connectivity index (χ2v) is 24.6. The summed E-state index contributed by atoms with van der Waals surface area (Å²) in [6.45, 7) is 4.95. The van der Waals surface area contributed by atoms with E-state index in [-0.39, 0.29) is 18.5 Å². The van der Waals surface area contributed by atoms with E-state index < -0.39 is 12.1 Å². The van der Waals surface area contributed by atoms with Crippen LogP contribution in [0.4, 0.5) is 0 Å². The molecule has 0 rings (SSSR count). The van der Waals surface area contributed by atoms with E-state index in [0.29, 0.717) is 19.4 Å². The second-order valence-electron chi connectivity index (χ2n) is 24.6. The molecule has 458 valence electrons. The lowest BCUT2D eigenvalue weighted by Gasteiger charge is -2.20. The van der Waals surface area contributed by atoms with Gasteiger partial charge in [-0.15, -0.1) is 0 Å². The summed E-state index contributed by atoms with van der Waals surface area (Å²) in [7, 11) is 0. The third kappa shape index (κ3) is 63.6. The average molecular weight is 1090 g/mol. The maximum absolute atomic E-state index is 12.5. The number of hydrogen-bond acceptors (Lipinski definition) is 5. The molecular formula is C71H139NO5. The van der Waals surface area contributed by atoms with Gasteiger partial charge in [0.25, 0.3) is 0 Å². The number of esters is 1. The van der Waals surface area contributed by atoms with Gasteiger partial charge in [-0.3, -0.25) is 9.59 Å². The Kier molecular flexibility index (Phi) is 65.9. The fourth-order valence-corrected chi connectivity index (χ4v) is 11.4. The van der Waals surface area contributed by atoms with Crippen LogP contribution in [0.15, 0.2) is 12.2 Å². The highest BCUT2D eigenvalue weighted by Gasteiger charge is 2.18. The fraction of sp³-hybridized carbons (Fsp3) is 0.944. The first-order valence-electron chi connectivity index (χ1n) is 35.5. The minimum Gasteiger partial charge on any atom is -0.466 e. The highest BCUT2D eigenvalue weighted by molar-refractivity contribution is 5.76. The van der Waals surface area contributed by atoms with Gasteiger partial charge in [0.05, 0.1) is 25.4 Å². The summed E-state index contributed by atoms with van der Waals surface area (Å²) in [5.74, 6) is -0.0439. The SMILES string of the molecule is CCCCCCCCCCCCCCCCCCCC/C=C/C(O)C(CO)NC(=O)CCCCCCCCCCCCCCCCCCCCCCCCCOC(=O)CCCCCCCCCCCCCCCCCCC. The van der Waals surface area contributed by atoms with Crippen molar-refractivity contribution in [2.24, 2.45) is 0 Å². The number of carbonyl (C=O) groups is 2. The van der Waals surface area contributed by atoms with Gasteiger partial charge in [0.15, 0.2) is 0 Å². The van der Waals surface area contributed by atoms with Crippen LogP contribution in [0.2, 0.25) is 0 Å². The van der Waals surface area contributed by atoms with E-state index >= 15 is 0 Å². The molecule has 0 heterocycles. The third-order valence-electron chi connectivity index (χ3n) is 16.8. The molecular weight excluding hydrogens is 947 g/mol. The lowest BCUT2D eigenvalue weighted by atomic mass is 10.0. The summed E-state index contributed by atoms with van der Waals surface area (Å²) in [5.41, 5.74) is 0. The molecule has 0 saturated heterocycles. The number of unbranched alkanes of at least 4 members (excludes halogenated alkanes) is 56. The van der Waals surface area contributed by atoms with Gasteiger partial charge in [-0.25, -0.2) is 0 Å². The minimum atomic E-state index is -0.844. The minimum absolute atomic E-state index is 0.0190. The molecule has 0 aromatic carbocycles. The van der Waals surface area contributed by atoms with Gasteiger partial charge in [0.1, 0.15) is 0 Å². The van der Waals surface area contributed by atoms with E-state index in [2.05, 4.69) is 19.2 Å². The molecule has 0 radical (unpaired) electrons. The van der Waals surface area contributed by atoms with Crippen molar-refractivity contribution in [3.05, 3.63) is 12.2 Å². The number of aliphatic hydroxyl groups is 2. The number of aliphatic hydroxyl groups excluding tert-OH is 2. The summed E-state index contributed by atoms with van der Waals surface area (Å²) in [4.78, 5) is 24.6. The third-order valence-corrected chi connectivity index (χ3v) is 16.8. The van der Waals surface area contributed by atoms with Crippen LogP contribution in [-0.4, -0.2) is 47.4 Å². The number of rotatable bonds is 67. The van der Waals surface area contributed by atoms with Gasteiger partial charge in [0.2, 0.25) is 5.91 Å². The van der Waals surface area contributed by atoms with Crippen molar-refractivity contribution in [2.75, 3.05) is 13.2 Å². The Hall–Kier alpha value is -1.40. The summed E-state index contributed by atoms with van der Waals surface area (Å²) in [6.07, 6.45) is 82.9. The van der Waals surface area contributed by atoms with Crippen LogP contribution in [0.5, 0.6) is 0 Å². The molecule has 2 unspecified atom stereocenters. The number of hydrogen-bond donors (Lipinski definition) is 3. The Bertz CT molecular complexity index is 1160. The topological polar surface area (TPSA) is 95.9 Å². The summed E-state index contributed by atoms with van der Waals surface area (Å²) in [5, 5.41) is 23.2. The van der Waals surface area contributed by atoms with Crippen LogP contribution in [0.1, 0.15) is 406 Å². The highest BCUT2D eigenvalue weighted by atomic mass is 16.5. The van der Waals surface area contributed by atoms with Gasteiger partial charge in [-0.05, 0) is 32.1 Å². The smallest absolute Gasteiger partial charge is 0.305 e. The average Bonchev–Trinajstić information content (AvgIpc) is 3.43. The number of carbonyl (C=O) groups excluding carboxylic acids is 2. The van der Waals surface area contributed by atoms with Crippen LogP contribution in [0.25, 0.3) is 0 Å². The van der Waals surface area contributed by atoms with Crippen molar-refractivity contribution in [1.82, 2.24) is 5.32 Å². The number of allylic oxidation sites excluding steroid dienone is 1. The van der Waals surface area contributed by atoms with E-state index in [1.54, 1.807) is 6.08 Å². The standard InChI is InChI=1S/C71H139NO5/c1-3-5-7-9-11-13-15-17-19-21-22-28-32-35-39-43-47-51-55-59-63-69(74)68(67-73)72-70(75)64-60-56-52-48-44-40-36-33-29-26-24-23-25-27-30-34-38-42-46-50-54-58-62-66-77-71(76)65-61-57-53-49-45-41-37-31-20-18-16-14-12-10-8-6-4-2/h59,63,68-69,73-74H,3-58,60-62,64-67H2,1-2H3,(H,72,75)/b63-59+. The molecule has 3 N–H and O–H groups in total. The molecule has 77 heavy (non-hydrogen) atoms. The van der Waals surface area contributed by atoms with Crippen LogP contribution in [-0.2, 0) is 14.3 Å². The lowest BCUT2D eigenvalue weighted by Crippen LogP contribution is -2.45. The molecule has 0 aromatic heterocycles. The zero-order valence-corrected chi connectivity index (χ0v) is 52.5. The zero-order chi connectivity index (χ0) is 55.7. The Labute approximate surface area is 482 Å². The van der Waals surface area contributed by atoms with Gasteiger partial charge < -0.3 is 20.3 Å². The predicted octanol–water partition coefficient (Wildman–Crippen LogP) is 22.8. The van der Waals surface area contributed by atoms with Crippen LogP contribution in [0, 0.1) is 0 Å². The monoisotopic (exact) mass is 1090 g/mol. The van der Waals surface area contributed by atoms with Crippen molar-refractivity contribution in [1.29, 1.82) is 0 Å². The first kappa shape index (κ1) is 75.6. The Morgan fingerprint density at radius 1 is 0.351 bits per heavy atom. The molecule has 0 bridgehead atoms. The van der Waals surface area contributed by atoms with E-state index in [9.17, 15) is 19.8 Å². The molecule has 6 nitrogen and oxygen atoms in total. The van der Waals surface area contributed by atoms with Crippen molar-refractivity contribution < 1.29 is 24.5 Å². The quantitative estimate of drug-likeness (QED) is 0.0320. The molecule has 0 aliphatic heterocycles. The molecule has 1 amide bonds. The van der Waals surface area contributed by atoms with Gasteiger partial charge in [-0.2, -0.15) is 0 Å². The molecule has 0 saturated carbocycles. The van der Waals surface area contributed by atoms with E-state index in [1.807, 2.05) is 6.08 Å². The number of amides is 1. The number of ether oxygens (including phenoxy) is 1. The fourth-order valence-electron chi connectivity index (χ4n) is 11.4. The van der Waals surface area contributed by atoms with Crippen LogP contribution >= 0.6 is 0 Å². The Morgan fingerprint density at radius 2 is 0.597 bits per heavy atom. The van der Waals surface area contributed by atoms with E-state index in [0.717, 1.165) is 38.5 Å². The van der Waals surface area contributed by atoms with Crippen molar-refractivity contribution in [3.63, 3.8) is 0 Å². The van der Waals surface area contributed by atoms with E-state index in [4.69, 9.17) is 4.74 Å². The molecule has 2 atom stereocenters. The van der Waals surface area contributed by atoms with Crippen LogP contribution < -0.4 is 5.32 Å². The molecule has 0 fully saturated rings. The summed E-state index contributed by atoms with van der Waals surface area (Å²) in [6, 6.07) is -0.628. The lowest BCUT2D eigenvalue weighted by molar-refractivity contribution is -0.143. The summed E-state index contributed by atoms with van der Waals surface area (Å²) < 4.78 is 5.51. The first-order chi connectivity index (χ1) is 38.0. The summed E-state index contributed by atoms with van der Waals surface area (Å²) >= 11 is 0. The predicted molar refractivity (Wildman–Crippen MR) is 338 cm³/mol. The van der Waals surface area contributed by atoms with Gasteiger partial charge in [0, 0.05) is 12.8 Å². The molecule has 0 spiro atoms. The van der Waals surface area contributed by atoms with Gasteiger partial charge >= 0.3 is 5.97 Å².